The summed E-state index contributed by atoms with van der Waals surface area (Å²) in [7, 11) is 0. The van der Waals surface area contributed by atoms with Gasteiger partial charge in [0.25, 0.3) is 0 Å². The Kier molecular flexibility index (Phi) is 8.92. The zero-order valence-electron chi connectivity index (χ0n) is 39.0. The van der Waals surface area contributed by atoms with Crippen molar-refractivity contribution in [1.29, 1.82) is 0 Å². The summed E-state index contributed by atoms with van der Waals surface area (Å²) in [5.41, 5.74) is 23.1. The molecule has 1 aliphatic carbocycles. The predicted octanol–water partition coefficient (Wildman–Crippen LogP) is 17.9. The molecule has 69 heavy (non-hydrogen) atoms. The normalized spacial score (nSPS) is 14.3. The number of benzene rings is 11. The van der Waals surface area contributed by atoms with Crippen molar-refractivity contribution in [3.63, 3.8) is 0 Å². The standard InChI is InChI=1S/C67H50N2/c1-67(2)59-22-10-9-21-53(59)54-36-33-50(40-60(54)67)66-56-38-35-51(68-61-23-11-5-16-44(61)28-29-45-17-6-12-24-62(45)68)41-57(56)65(49-32-27-43-15-3-4-20-48(43)39-49)55-37-34-52(42-58(55)66)69-63-25-13-7-18-46(63)30-31-47-19-8-14-26-64(47)69/h3-27,32-42H,28-31H2,1-2H3. The van der Waals surface area contributed by atoms with E-state index < -0.39 is 0 Å². The number of rotatable bonds is 4. The molecule has 0 bridgehead atoms. The van der Waals surface area contributed by atoms with Crippen LogP contribution in [0.3, 0.4) is 0 Å². The second-order valence-corrected chi connectivity index (χ2v) is 19.9. The zero-order chi connectivity index (χ0) is 45.8. The van der Waals surface area contributed by atoms with Crippen molar-refractivity contribution in [1.82, 2.24) is 0 Å². The summed E-state index contributed by atoms with van der Waals surface area (Å²) in [5.74, 6) is 0. The molecule has 0 fully saturated rings. The Balaban J connectivity index is 1.11. The van der Waals surface area contributed by atoms with Gasteiger partial charge in [0.1, 0.15) is 0 Å². The number of anilines is 6. The molecule has 11 aromatic carbocycles. The maximum atomic E-state index is 2.53. The summed E-state index contributed by atoms with van der Waals surface area (Å²) >= 11 is 0. The van der Waals surface area contributed by atoms with Crippen LogP contribution in [0.1, 0.15) is 47.2 Å². The number of hydrogen-bond acceptors (Lipinski definition) is 2. The third-order valence-electron chi connectivity index (χ3n) is 15.8. The largest absolute Gasteiger partial charge is 0.310 e. The average Bonchev–Trinajstić information content (AvgIpc) is 3.51. The monoisotopic (exact) mass is 882 g/mol. The minimum absolute atomic E-state index is 0.149. The summed E-state index contributed by atoms with van der Waals surface area (Å²) in [4.78, 5) is 5.05. The minimum atomic E-state index is -0.149. The van der Waals surface area contributed by atoms with Crippen LogP contribution < -0.4 is 9.80 Å². The summed E-state index contributed by atoms with van der Waals surface area (Å²) in [6.07, 6.45) is 4.00. The van der Waals surface area contributed by atoms with E-state index in [4.69, 9.17) is 0 Å². The van der Waals surface area contributed by atoms with Gasteiger partial charge in [0.05, 0.1) is 0 Å². The van der Waals surface area contributed by atoms with E-state index in [0.717, 1.165) is 37.1 Å². The average molecular weight is 883 g/mol. The minimum Gasteiger partial charge on any atom is -0.310 e. The van der Waals surface area contributed by atoms with Gasteiger partial charge in [-0.2, -0.15) is 0 Å². The Hall–Kier alpha value is -8.20. The first-order chi connectivity index (χ1) is 34.0. The molecule has 11 aromatic rings. The van der Waals surface area contributed by atoms with E-state index in [2.05, 4.69) is 242 Å². The highest BCUT2D eigenvalue weighted by molar-refractivity contribution is 6.23. The second kappa shape index (κ2) is 15.4. The molecule has 0 saturated carbocycles. The van der Waals surface area contributed by atoms with Crippen LogP contribution in [0, 0.1) is 0 Å². The molecule has 0 atom stereocenters. The van der Waals surface area contributed by atoms with Gasteiger partial charge < -0.3 is 9.80 Å². The molecule has 3 aliphatic rings. The lowest BCUT2D eigenvalue weighted by Gasteiger charge is -2.29. The molecular weight excluding hydrogens is 833 g/mol. The molecule has 14 rings (SSSR count). The second-order valence-electron chi connectivity index (χ2n) is 19.9. The lowest BCUT2D eigenvalue weighted by molar-refractivity contribution is 0.660. The maximum Gasteiger partial charge on any atom is 0.0493 e. The fourth-order valence-corrected chi connectivity index (χ4v) is 12.4. The van der Waals surface area contributed by atoms with Crippen LogP contribution in [-0.2, 0) is 31.1 Å². The first-order valence-corrected chi connectivity index (χ1v) is 24.7. The van der Waals surface area contributed by atoms with Crippen LogP contribution in [0.2, 0.25) is 0 Å². The number of aryl methyl sites for hydroxylation is 4. The molecule has 0 spiro atoms. The molecule has 2 heteroatoms. The molecule has 0 unspecified atom stereocenters. The van der Waals surface area contributed by atoms with Gasteiger partial charge >= 0.3 is 0 Å². The molecule has 0 N–H and O–H groups in total. The quantitative estimate of drug-likeness (QED) is 0.163. The number of nitrogens with zero attached hydrogens (tertiary/aromatic N) is 2. The molecule has 2 nitrogen and oxygen atoms in total. The van der Waals surface area contributed by atoms with E-state index in [1.165, 1.54) is 122 Å². The Bertz CT molecular complexity index is 3820. The van der Waals surface area contributed by atoms with Crippen molar-refractivity contribution in [2.24, 2.45) is 0 Å². The van der Waals surface area contributed by atoms with E-state index >= 15 is 0 Å². The van der Waals surface area contributed by atoms with Crippen molar-refractivity contribution in [2.75, 3.05) is 9.80 Å². The third-order valence-corrected chi connectivity index (χ3v) is 15.8. The Morgan fingerprint density at radius 3 is 1.28 bits per heavy atom. The number of fused-ring (bicyclic) bond motifs is 10. The third kappa shape index (κ3) is 6.18. The van der Waals surface area contributed by atoms with Crippen LogP contribution in [0.4, 0.5) is 34.1 Å². The molecule has 2 aliphatic heterocycles. The maximum absolute atomic E-state index is 2.53. The molecule has 0 amide bonds. The number of hydrogen-bond donors (Lipinski definition) is 0. The Morgan fingerprint density at radius 2 is 0.739 bits per heavy atom. The van der Waals surface area contributed by atoms with E-state index in [0.29, 0.717) is 0 Å². The fourth-order valence-electron chi connectivity index (χ4n) is 12.4. The topological polar surface area (TPSA) is 6.48 Å². The lowest BCUT2D eigenvalue weighted by Crippen LogP contribution is -2.15. The van der Waals surface area contributed by atoms with Gasteiger partial charge in [-0.15, -0.1) is 0 Å². The Labute approximate surface area is 404 Å². The highest BCUT2D eigenvalue weighted by atomic mass is 15.2. The van der Waals surface area contributed by atoms with Gasteiger partial charge in [0, 0.05) is 39.5 Å². The van der Waals surface area contributed by atoms with Gasteiger partial charge in [-0.05, 0) is 185 Å². The molecule has 328 valence electrons. The van der Waals surface area contributed by atoms with Gasteiger partial charge in [-0.3, -0.25) is 0 Å². The Morgan fingerprint density at radius 1 is 0.319 bits per heavy atom. The van der Waals surface area contributed by atoms with Crippen molar-refractivity contribution >= 4 is 66.4 Å². The summed E-state index contributed by atoms with van der Waals surface area (Å²) in [6, 6.07) is 82.9. The fraction of sp³-hybridized carbons (Fsp3) is 0.104. The highest BCUT2D eigenvalue weighted by Crippen LogP contribution is 2.54. The van der Waals surface area contributed by atoms with Crippen LogP contribution in [0.5, 0.6) is 0 Å². The van der Waals surface area contributed by atoms with Crippen molar-refractivity contribution in [3.8, 4) is 33.4 Å². The van der Waals surface area contributed by atoms with E-state index in [-0.39, 0.29) is 5.41 Å². The summed E-state index contributed by atoms with van der Waals surface area (Å²) in [6.45, 7) is 4.80. The van der Waals surface area contributed by atoms with Crippen LogP contribution in [0.15, 0.2) is 218 Å². The molecule has 0 aromatic heterocycles. The first-order valence-electron chi connectivity index (χ1n) is 24.7. The van der Waals surface area contributed by atoms with Gasteiger partial charge in [-0.1, -0.05) is 172 Å². The van der Waals surface area contributed by atoms with Crippen LogP contribution >= 0.6 is 0 Å². The molecule has 2 heterocycles. The summed E-state index contributed by atoms with van der Waals surface area (Å²) < 4.78 is 0. The highest BCUT2D eigenvalue weighted by Gasteiger charge is 2.36. The number of para-hydroxylation sites is 4. The SMILES string of the molecule is CC1(C)c2ccccc2-c2ccc(-c3c4ccc(N5c6ccccc6CCc6ccccc65)cc4c(-c4ccc5ccccc5c4)c4ccc(N5c6ccccc6CCc6ccccc65)cc34)cc21. The lowest BCUT2D eigenvalue weighted by atomic mass is 9.80. The smallest absolute Gasteiger partial charge is 0.0493 e. The van der Waals surface area contributed by atoms with Gasteiger partial charge in [0.2, 0.25) is 0 Å². The molecule has 0 radical (unpaired) electrons. The van der Waals surface area contributed by atoms with E-state index in [9.17, 15) is 0 Å². The van der Waals surface area contributed by atoms with Gasteiger partial charge in [-0.25, -0.2) is 0 Å². The summed E-state index contributed by atoms with van der Waals surface area (Å²) in [5, 5.41) is 7.45. The van der Waals surface area contributed by atoms with Crippen molar-refractivity contribution in [3.05, 3.63) is 252 Å². The van der Waals surface area contributed by atoms with Crippen LogP contribution in [0.25, 0.3) is 65.7 Å². The van der Waals surface area contributed by atoms with E-state index in [1.54, 1.807) is 0 Å². The first kappa shape index (κ1) is 39.9. The molecular formula is C67H50N2. The van der Waals surface area contributed by atoms with Crippen LogP contribution in [-0.4, -0.2) is 0 Å². The predicted molar refractivity (Wildman–Crippen MR) is 292 cm³/mol. The van der Waals surface area contributed by atoms with E-state index in [1.807, 2.05) is 0 Å². The zero-order valence-corrected chi connectivity index (χ0v) is 39.0. The molecule has 0 saturated heterocycles. The van der Waals surface area contributed by atoms with Gasteiger partial charge in [0.15, 0.2) is 0 Å². The van der Waals surface area contributed by atoms with Crippen molar-refractivity contribution < 1.29 is 0 Å². The van der Waals surface area contributed by atoms with Crippen molar-refractivity contribution in [2.45, 2.75) is 44.9 Å².